The van der Waals surface area contributed by atoms with Crippen LogP contribution in [-0.2, 0) is 8.98 Å². The summed E-state index contributed by atoms with van der Waals surface area (Å²) in [5, 5.41) is 8.36. The fourth-order valence-electron chi connectivity index (χ4n) is 0.386. The van der Waals surface area contributed by atoms with Gasteiger partial charge in [0.1, 0.15) is 0 Å². The van der Waals surface area contributed by atoms with E-state index in [1.54, 1.807) is 0 Å². The smallest absolute Gasteiger partial charge is 0.320 e. The standard InChI is InChI=1S/C7H14O3S/c1-3-6(2)7(9)10-11-5-4-8/h6,8H,3-5H2,1-2H3. The molecule has 0 saturated carbocycles. The lowest BCUT2D eigenvalue weighted by molar-refractivity contribution is -0.137. The lowest BCUT2D eigenvalue weighted by Crippen LogP contribution is -2.10. The summed E-state index contributed by atoms with van der Waals surface area (Å²) in [7, 11) is 0. The van der Waals surface area contributed by atoms with Gasteiger partial charge in [-0.25, -0.2) is 0 Å². The SMILES string of the molecule is CCC(C)C(=O)OSCCO. The lowest BCUT2D eigenvalue weighted by atomic mass is 10.1. The predicted octanol–water partition coefficient (Wildman–Crippen LogP) is 1.22. The molecule has 0 fully saturated rings. The van der Waals surface area contributed by atoms with E-state index in [0.717, 1.165) is 18.5 Å². The van der Waals surface area contributed by atoms with Crippen molar-refractivity contribution >= 4 is 18.0 Å². The molecule has 0 radical (unpaired) electrons. The maximum absolute atomic E-state index is 10.9. The van der Waals surface area contributed by atoms with Gasteiger partial charge in [-0.05, 0) is 6.42 Å². The van der Waals surface area contributed by atoms with E-state index in [9.17, 15) is 4.79 Å². The molecule has 0 aromatic rings. The molecule has 1 atom stereocenters. The Hall–Kier alpha value is -0.220. The minimum absolute atomic E-state index is 0.0401. The second-order valence-corrected chi connectivity index (χ2v) is 3.07. The van der Waals surface area contributed by atoms with Gasteiger partial charge >= 0.3 is 5.97 Å². The van der Waals surface area contributed by atoms with E-state index in [4.69, 9.17) is 9.29 Å². The molecule has 0 spiro atoms. The molecule has 3 nitrogen and oxygen atoms in total. The van der Waals surface area contributed by atoms with Crippen LogP contribution >= 0.6 is 12.0 Å². The minimum atomic E-state index is -0.203. The Morgan fingerprint density at radius 1 is 1.73 bits per heavy atom. The van der Waals surface area contributed by atoms with Crippen LogP contribution < -0.4 is 0 Å². The highest BCUT2D eigenvalue weighted by Gasteiger charge is 2.11. The monoisotopic (exact) mass is 178 g/mol. The van der Waals surface area contributed by atoms with Crippen LogP contribution in [0.1, 0.15) is 20.3 Å². The van der Waals surface area contributed by atoms with Crippen molar-refractivity contribution in [2.75, 3.05) is 12.4 Å². The summed E-state index contributed by atoms with van der Waals surface area (Å²) in [6.07, 6.45) is 0.790. The van der Waals surface area contributed by atoms with Crippen LogP contribution in [0.2, 0.25) is 0 Å². The van der Waals surface area contributed by atoms with Crippen LogP contribution in [0.4, 0.5) is 0 Å². The molecule has 1 unspecified atom stereocenters. The maximum atomic E-state index is 10.9. The van der Waals surface area contributed by atoms with Crippen molar-refractivity contribution in [3.8, 4) is 0 Å². The lowest BCUT2D eigenvalue weighted by Gasteiger charge is -2.05. The van der Waals surface area contributed by atoms with Crippen LogP contribution in [0.3, 0.4) is 0 Å². The first-order valence-electron chi connectivity index (χ1n) is 3.66. The molecule has 0 bridgehead atoms. The normalized spacial score (nSPS) is 12.6. The van der Waals surface area contributed by atoms with Crippen LogP contribution in [0, 0.1) is 5.92 Å². The molecule has 1 N–H and O–H groups in total. The van der Waals surface area contributed by atoms with Gasteiger partial charge in [0, 0.05) is 0 Å². The highest BCUT2D eigenvalue weighted by atomic mass is 32.2. The number of aliphatic hydroxyl groups is 1. The average molecular weight is 178 g/mol. The van der Waals surface area contributed by atoms with Gasteiger partial charge in [-0.15, -0.1) is 0 Å². The third-order valence-corrected chi connectivity index (χ3v) is 1.96. The number of carbonyl (C=O) groups is 1. The van der Waals surface area contributed by atoms with E-state index in [1.165, 1.54) is 0 Å². The van der Waals surface area contributed by atoms with Crippen molar-refractivity contribution in [1.82, 2.24) is 0 Å². The largest absolute Gasteiger partial charge is 0.395 e. The molecule has 4 heteroatoms. The Balaban J connectivity index is 3.36. The molecular formula is C7H14O3S. The van der Waals surface area contributed by atoms with E-state index in [-0.39, 0.29) is 18.5 Å². The van der Waals surface area contributed by atoms with Gasteiger partial charge in [0.2, 0.25) is 0 Å². The third-order valence-electron chi connectivity index (χ3n) is 1.33. The Morgan fingerprint density at radius 2 is 2.36 bits per heavy atom. The molecule has 0 aliphatic rings. The third kappa shape index (κ3) is 5.09. The second-order valence-electron chi connectivity index (χ2n) is 2.26. The summed E-state index contributed by atoms with van der Waals surface area (Å²) in [5.41, 5.74) is 0. The number of carbonyl (C=O) groups excluding carboxylic acids is 1. The molecule has 0 aliphatic heterocycles. The second kappa shape index (κ2) is 6.49. The molecule has 0 aromatic carbocycles. The van der Waals surface area contributed by atoms with Crippen LogP contribution in [0.5, 0.6) is 0 Å². The first-order valence-corrected chi connectivity index (χ1v) is 4.57. The summed E-state index contributed by atoms with van der Waals surface area (Å²) in [6, 6.07) is 0. The molecule has 0 amide bonds. The van der Waals surface area contributed by atoms with Crippen molar-refractivity contribution < 1.29 is 14.1 Å². The molecule has 0 heterocycles. The zero-order valence-corrected chi connectivity index (χ0v) is 7.69. The fourth-order valence-corrected chi connectivity index (χ4v) is 0.824. The number of aliphatic hydroxyl groups excluding tert-OH is 1. The number of hydrogen-bond acceptors (Lipinski definition) is 4. The van der Waals surface area contributed by atoms with E-state index >= 15 is 0 Å². The summed E-state index contributed by atoms with van der Waals surface area (Å²) in [5.74, 6) is 0.203. The molecule has 11 heavy (non-hydrogen) atoms. The van der Waals surface area contributed by atoms with Gasteiger partial charge < -0.3 is 9.29 Å². The Kier molecular flexibility index (Phi) is 6.36. The van der Waals surface area contributed by atoms with Crippen molar-refractivity contribution in [3.63, 3.8) is 0 Å². The first kappa shape index (κ1) is 10.8. The van der Waals surface area contributed by atoms with Crippen LogP contribution in [0.15, 0.2) is 0 Å². The molecule has 0 rings (SSSR count). The Labute approximate surface area is 71.3 Å². The van der Waals surface area contributed by atoms with Crippen molar-refractivity contribution in [3.05, 3.63) is 0 Å². The number of hydrogen-bond donors (Lipinski definition) is 1. The van der Waals surface area contributed by atoms with Gasteiger partial charge in [0.25, 0.3) is 0 Å². The van der Waals surface area contributed by atoms with Crippen molar-refractivity contribution in [1.29, 1.82) is 0 Å². The van der Waals surface area contributed by atoms with Crippen LogP contribution in [0.25, 0.3) is 0 Å². The summed E-state index contributed by atoms with van der Waals surface area (Å²) < 4.78 is 4.75. The predicted molar refractivity (Wildman–Crippen MR) is 45.1 cm³/mol. The summed E-state index contributed by atoms with van der Waals surface area (Å²) in [6.45, 7) is 3.79. The van der Waals surface area contributed by atoms with E-state index in [1.807, 2.05) is 13.8 Å². The fraction of sp³-hybridized carbons (Fsp3) is 0.857. The average Bonchev–Trinajstić information content (AvgIpc) is 2.03. The van der Waals surface area contributed by atoms with Gasteiger partial charge in [-0.2, -0.15) is 0 Å². The molecule has 0 saturated heterocycles. The van der Waals surface area contributed by atoms with Gasteiger partial charge in [-0.3, -0.25) is 4.79 Å². The van der Waals surface area contributed by atoms with Gasteiger partial charge in [0.15, 0.2) is 0 Å². The Morgan fingerprint density at radius 3 is 2.82 bits per heavy atom. The minimum Gasteiger partial charge on any atom is -0.395 e. The molecule has 0 aliphatic carbocycles. The Bertz CT molecular complexity index is 116. The van der Waals surface area contributed by atoms with E-state index in [2.05, 4.69) is 0 Å². The number of rotatable bonds is 5. The highest BCUT2D eigenvalue weighted by Crippen LogP contribution is 2.09. The van der Waals surface area contributed by atoms with Gasteiger partial charge in [0.05, 0.1) is 30.3 Å². The van der Waals surface area contributed by atoms with Crippen molar-refractivity contribution in [2.45, 2.75) is 20.3 Å². The molecular weight excluding hydrogens is 164 g/mol. The quantitative estimate of drug-likeness (QED) is 0.508. The maximum Gasteiger partial charge on any atom is 0.320 e. The summed E-state index contributed by atoms with van der Waals surface area (Å²) in [4.78, 5) is 10.9. The topological polar surface area (TPSA) is 46.5 Å². The van der Waals surface area contributed by atoms with Crippen LogP contribution in [-0.4, -0.2) is 23.4 Å². The van der Waals surface area contributed by atoms with E-state index < -0.39 is 0 Å². The zero-order chi connectivity index (χ0) is 8.69. The molecule has 0 aromatic heterocycles. The first-order chi connectivity index (χ1) is 5.22. The summed E-state index contributed by atoms with van der Waals surface area (Å²) >= 11 is 1.01. The highest BCUT2D eigenvalue weighted by molar-refractivity contribution is 7.95. The molecule has 66 valence electrons. The zero-order valence-electron chi connectivity index (χ0n) is 6.87. The van der Waals surface area contributed by atoms with Gasteiger partial charge in [-0.1, -0.05) is 13.8 Å². The van der Waals surface area contributed by atoms with Crippen molar-refractivity contribution in [2.24, 2.45) is 5.92 Å². The van der Waals surface area contributed by atoms with E-state index in [0.29, 0.717) is 5.75 Å².